The Morgan fingerprint density at radius 2 is 1.67 bits per heavy atom. The first-order valence-electron chi connectivity index (χ1n) is 10.2. The van der Waals surface area contributed by atoms with Crippen LogP contribution in [-0.4, -0.2) is 29.6 Å². The molecule has 1 N–H and O–H groups in total. The summed E-state index contributed by atoms with van der Waals surface area (Å²) in [5, 5.41) is 0.912. The molecule has 0 heterocycles. The first kappa shape index (κ1) is 30.2. The lowest BCUT2D eigenvalue weighted by Gasteiger charge is -2.19. The molecule has 2 aromatic carbocycles. The van der Waals surface area contributed by atoms with E-state index >= 15 is 0 Å². The monoisotopic (exact) mass is 579 g/mol. The average molecular weight is 580 g/mol. The number of alkyl halides is 6. The van der Waals surface area contributed by atoms with Gasteiger partial charge in [0.1, 0.15) is 11.7 Å². The van der Waals surface area contributed by atoms with E-state index < -0.39 is 74.2 Å². The second kappa shape index (κ2) is 12.0. The van der Waals surface area contributed by atoms with Gasteiger partial charge in [-0.25, -0.2) is 8.78 Å². The summed E-state index contributed by atoms with van der Waals surface area (Å²) in [5.41, 5.74) is -3.90. The van der Waals surface area contributed by atoms with Crippen molar-refractivity contribution >= 4 is 46.7 Å². The number of carbonyl (C=O) groups excluding carboxylic acids is 1. The second-order valence-corrected chi connectivity index (χ2v) is 9.76. The summed E-state index contributed by atoms with van der Waals surface area (Å²) in [5.74, 6) is -5.44. The number of thioether (sulfide) groups is 1. The Labute approximate surface area is 216 Å². The van der Waals surface area contributed by atoms with E-state index in [0.29, 0.717) is 24.0 Å². The van der Waals surface area contributed by atoms with E-state index in [1.165, 1.54) is 11.8 Å². The Morgan fingerprint density at radius 1 is 1.08 bits per heavy atom. The third-order valence-electron chi connectivity index (χ3n) is 4.83. The van der Waals surface area contributed by atoms with Crippen LogP contribution >= 0.6 is 35.0 Å². The highest BCUT2D eigenvalue weighted by molar-refractivity contribution is 7.99. The normalized spacial score (nSPS) is 14.5. The van der Waals surface area contributed by atoms with Gasteiger partial charge in [-0.2, -0.15) is 38.1 Å². The molecule has 13 heteroatoms. The van der Waals surface area contributed by atoms with E-state index in [1.54, 1.807) is 6.92 Å². The van der Waals surface area contributed by atoms with Crippen molar-refractivity contribution in [2.45, 2.75) is 38.2 Å². The highest BCUT2D eigenvalue weighted by atomic mass is 35.5. The van der Waals surface area contributed by atoms with Crippen molar-refractivity contribution in [1.82, 2.24) is 5.32 Å². The maximum Gasteiger partial charge on any atom is 0.417 e. The third kappa shape index (κ3) is 7.76. The number of hydrogen-bond acceptors (Lipinski definition) is 2. The summed E-state index contributed by atoms with van der Waals surface area (Å²) >= 11 is 12.5. The molecule has 198 valence electrons. The number of nitrogens with one attached hydrogen (secondary N) is 1. The largest absolute Gasteiger partial charge is 0.417 e. The standard InChI is InChI=1S/C23H19Cl2F8NOS/c1-3-36-10-11(2)34-21(35)14-5-4-12(6-16(14)23(31,32)33)19(26)9-15(22(28,29)30)13-7-17(24)20(27)18(25)8-13/h4-9,11,15H,3,10H2,1-2H3,(H,34,35)/b19-9-/t11-,15?/m1/s1. The van der Waals surface area contributed by atoms with Crippen LogP contribution in [0.4, 0.5) is 35.1 Å². The topological polar surface area (TPSA) is 29.1 Å². The van der Waals surface area contributed by atoms with Crippen LogP contribution in [-0.2, 0) is 6.18 Å². The zero-order valence-corrected chi connectivity index (χ0v) is 21.0. The van der Waals surface area contributed by atoms with E-state index in [0.717, 1.165) is 11.8 Å². The maximum absolute atomic E-state index is 14.9. The lowest BCUT2D eigenvalue weighted by atomic mass is 9.95. The van der Waals surface area contributed by atoms with Gasteiger partial charge >= 0.3 is 12.4 Å². The number of rotatable bonds is 8. The quantitative estimate of drug-likeness (QED) is 0.250. The van der Waals surface area contributed by atoms with Crippen molar-refractivity contribution < 1.29 is 39.9 Å². The van der Waals surface area contributed by atoms with E-state index in [1.807, 2.05) is 6.92 Å². The molecule has 1 amide bonds. The number of benzene rings is 2. The van der Waals surface area contributed by atoms with Gasteiger partial charge in [0.05, 0.1) is 21.2 Å². The molecule has 0 aliphatic rings. The van der Waals surface area contributed by atoms with Gasteiger partial charge in [-0.05, 0) is 48.6 Å². The molecule has 0 saturated heterocycles. The minimum absolute atomic E-state index is 0.0270. The first-order chi connectivity index (χ1) is 16.6. The molecule has 0 aromatic heterocycles. The van der Waals surface area contributed by atoms with Crippen LogP contribution < -0.4 is 5.32 Å². The van der Waals surface area contributed by atoms with Crippen LogP contribution in [0.15, 0.2) is 36.4 Å². The van der Waals surface area contributed by atoms with E-state index in [4.69, 9.17) is 23.2 Å². The number of amides is 1. The highest BCUT2D eigenvalue weighted by Crippen LogP contribution is 2.41. The predicted octanol–water partition coefficient (Wildman–Crippen LogP) is 8.68. The van der Waals surface area contributed by atoms with Gasteiger partial charge in [-0.15, -0.1) is 0 Å². The fourth-order valence-corrected chi connectivity index (χ4v) is 4.32. The zero-order valence-electron chi connectivity index (χ0n) is 18.6. The number of halogens is 10. The molecule has 0 bridgehead atoms. The van der Waals surface area contributed by atoms with Gasteiger partial charge in [0.15, 0.2) is 5.82 Å². The maximum atomic E-state index is 14.9. The smallest absolute Gasteiger partial charge is 0.349 e. The summed E-state index contributed by atoms with van der Waals surface area (Å²) in [7, 11) is 0. The van der Waals surface area contributed by atoms with Crippen molar-refractivity contribution in [3.8, 4) is 0 Å². The van der Waals surface area contributed by atoms with Gasteiger partial charge < -0.3 is 5.32 Å². The Bertz CT molecular complexity index is 1110. The van der Waals surface area contributed by atoms with Gasteiger partial charge in [0.25, 0.3) is 5.91 Å². The third-order valence-corrected chi connectivity index (χ3v) is 6.52. The summed E-state index contributed by atoms with van der Waals surface area (Å²) in [4.78, 5) is 12.4. The van der Waals surface area contributed by atoms with Crippen molar-refractivity contribution in [3.63, 3.8) is 0 Å². The Hall–Kier alpha value is -1.98. The summed E-state index contributed by atoms with van der Waals surface area (Å²) in [6.45, 7) is 3.46. The Morgan fingerprint density at radius 3 is 2.17 bits per heavy atom. The minimum Gasteiger partial charge on any atom is -0.349 e. The first-order valence-corrected chi connectivity index (χ1v) is 12.2. The molecule has 0 spiro atoms. The fraction of sp³-hybridized carbons (Fsp3) is 0.348. The summed E-state index contributed by atoms with van der Waals surface area (Å²) in [6.07, 6.45) is -10.2. The Kier molecular flexibility index (Phi) is 10.1. The van der Waals surface area contributed by atoms with Gasteiger partial charge in [0.2, 0.25) is 0 Å². The average Bonchev–Trinajstić information content (AvgIpc) is 2.77. The van der Waals surface area contributed by atoms with Gasteiger partial charge in [-0.1, -0.05) is 36.2 Å². The van der Waals surface area contributed by atoms with Gasteiger partial charge in [0, 0.05) is 17.4 Å². The predicted molar refractivity (Wildman–Crippen MR) is 126 cm³/mol. The van der Waals surface area contributed by atoms with Crippen LogP contribution in [0.25, 0.3) is 5.83 Å². The Balaban J connectivity index is 2.51. The van der Waals surface area contributed by atoms with Gasteiger partial charge in [-0.3, -0.25) is 4.79 Å². The molecule has 0 saturated carbocycles. The molecule has 0 aliphatic carbocycles. The van der Waals surface area contributed by atoms with Crippen LogP contribution in [0.1, 0.15) is 46.8 Å². The SMILES string of the molecule is CCSC[C@@H](C)NC(=O)c1ccc(/C(F)=C/C(c2cc(Cl)c(F)c(Cl)c2)C(F)(F)F)cc1C(F)(F)F. The lowest BCUT2D eigenvalue weighted by Crippen LogP contribution is -2.35. The molecule has 2 rings (SSSR count). The fourth-order valence-electron chi connectivity index (χ4n) is 3.14. The van der Waals surface area contributed by atoms with Crippen LogP contribution in [0.3, 0.4) is 0 Å². The minimum atomic E-state index is -5.12. The molecule has 1 unspecified atom stereocenters. The van der Waals surface area contributed by atoms with E-state index in [9.17, 15) is 39.9 Å². The van der Waals surface area contributed by atoms with Crippen LogP contribution in [0.5, 0.6) is 0 Å². The molecular weight excluding hydrogens is 561 g/mol. The number of carbonyl (C=O) groups is 1. The molecule has 0 aliphatic heterocycles. The lowest BCUT2D eigenvalue weighted by molar-refractivity contribution is -0.140. The van der Waals surface area contributed by atoms with E-state index in [-0.39, 0.29) is 12.1 Å². The summed E-state index contributed by atoms with van der Waals surface area (Å²) in [6, 6.07) is 2.43. The molecule has 2 aromatic rings. The van der Waals surface area contributed by atoms with E-state index in [2.05, 4.69) is 5.32 Å². The van der Waals surface area contributed by atoms with Crippen LogP contribution in [0, 0.1) is 5.82 Å². The highest BCUT2D eigenvalue weighted by Gasteiger charge is 2.41. The van der Waals surface area contributed by atoms with Crippen molar-refractivity contribution in [2.75, 3.05) is 11.5 Å². The van der Waals surface area contributed by atoms with Crippen molar-refractivity contribution in [2.24, 2.45) is 0 Å². The molecule has 36 heavy (non-hydrogen) atoms. The van der Waals surface area contributed by atoms with Crippen molar-refractivity contribution in [3.05, 3.63) is 74.5 Å². The van der Waals surface area contributed by atoms with Crippen LogP contribution in [0.2, 0.25) is 10.0 Å². The molecule has 0 fully saturated rings. The zero-order chi connectivity index (χ0) is 27.4. The number of allylic oxidation sites excluding steroid dienone is 1. The van der Waals surface area contributed by atoms with Crippen molar-refractivity contribution in [1.29, 1.82) is 0 Å². The number of hydrogen-bond donors (Lipinski definition) is 1. The second-order valence-electron chi connectivity index (χ2n) is 7.62. The molecule has 2 nitrogen and oxygen atoms in total. The summed E-state index contributed by atoms with van der Waals surface area (Å²) < 4.78 is 111. The molecular formula is C23H19Cl2F8NOS. The molecule has 2 atom stereocenters. The molecule has 0 radical (unpaired) electrons.